The Balaban J connectivity index is 2.21. The summed E-state index contributed by atoms with van der Waals surface area (Å²) in [6, 6.07) is 13.0. The van der Waals surface area contributed by atoms with Crippen molar-refractivity contribution in [3.63, 3.8) is 0 Å². The number of ketones is 1. The Labute approximate surface area is 134 Å². The van der Waals surface area contributed by atoms with Gasteiger partial charge in [0.1, 0.15) is 11.1 Å². The first kappa shape index (κ1) is 17.3. The zero-order chi connectivity index (χ0) is 17.0. The molecule has 122 valence electrons. The van der Waals surface area contributed by atoms with Gasteiger partial charge < -0.3 is 4.74 Å². The van der Waals surface area contributed by atoms with E-state index in [2.05, 4.69) is 4.74 Å². The van der Waals surface area contributed by atoms with Crippen molar-refractivity contribution in [3.8, 4) is 5.75 Å². The van der Waals surface area contributed by atoms with Crippen molar-refractivity contribution in [2.24, 2.45) is 0 Å². The maximum absolute atomic E-state index is 12.9. The van der Waals surface area contributed by atoms with Gasteiger partial charge in [0.15, 0.2) is 5.78 Å². The molecule has 0 fully saturated rings. The third kappa shape index (κ3) is 4.22. The number of ether oxygens (including phenoxy) is 1. The molecule has 7 heteroatoms. The molecule has 0 aromatic heterocycles. The van der Waals surface area contributed by atoms with Gasteiger partial charge in [-0.25, -0.2) is 0 Å². The first-order valence-electron chi connectivity index (χ1n) is 6.49. The maximum Gasteiger partial charge on any atom is 0.461 e. The van der Waals surface area contributed by atoms with Gasteiger partial charge in [0.05, 0.1) is 0 Å². The van der Waals surface area contributed by atoms with Crippen LogP contribution in [-0.2, 0) is 0 Å². The predicted octanol–water partition coefficient (Wildman–Crippen LogP) is 5.09. The fraction of sp³-hybridized carbons (Fsp3) is 0.188. The van der Waals surface area contributed by atoms with Gasteiger partial charge in [0, 0.05) is 5.56 Å². The summed E-state index contributed by atoms with van der Waals surface area (Å²) in [6.45, 7) is 0. The molecule has 2 nitrogen and oxygen atoms in total. The Morgan fingerprint density at radius 2 is 1.70 bits per heavy atom. The van der Waals surface area contributed by atoms with E-state index >= 15 is 0 Å². The average molecular weight is 347 g/mol. The third-order valence-electron chi connectivity index (χ3n) is 2.95. The second-order valence-corrected chi connectivity index (χ2v) is 5.07. The van der Waals surface area contributed by atoms with Crippen LogP contribution in [0.4, 0.5) is 17.6 Å². The minimum absolute atomic E-state index is 0.0172. The average Bonchev–Trinajstić information content (AvgIpc) is 2.54. The molecule has 2 aromatic carbocycles. The lowest BCUT2D eigenvalue weighted by molar-refractivity contribution is -0.253. The van der Waals surface area contributed by atoms with Crippen LogP contribution in [0, 0.1) is 0 Å². The summed E-state index contributed by atoms with van der Waals surface area (Å²) in [4.78, 5) is 12.3. The molecule has 0 bridgehead atoms. The number of carbonyl (C=O) groups excluding carboxylic acids is 1. The lowest BCUT2D eigenvalue weighted by atomic mass is 10.0. The van der Waals surface area contributed by atoms with E-state index in [0.29, 0.717) is 5.56 Å². The van der Waals surface area contributed by atoms with Crippen molar-refractivity contribution < 1.29 is 27.1 Å². The summed E-state index contributed by atoms with van der Waals surface area (Å²) in [7, 11) is 0. The Hall–Kier alpha value is -2.08. The molecule has 0 aliphatic carbocycles. The Morgan fingerprint density at radius 1 is 1.04 bits per heavy atom. The first-order valence-corrected chi connectivity index (χ1v) is 6.93. The highest BCUT2D eigenvalue weighted by Crippen LogP contribution is 2.30. The van der Waals surface area contributed by atoms with E-state index in [1.807, 2.05) is 0 Å². The van der Waals surface area contributed by atoms with Crippen molar-refractivity contribution in [1.29, 1.82) is 0 Å². The standard InChI is InChI=1S/C16H11ClF4O2/c17-13(10-5-2-1-3-6-10)14(22)11-7-4-8-12(9-11)23-16(20,21)15(18)19/h1-9,13,15H. The molecule has 0 heterocycles. The zero-order valence-electron chi connectivity index (χ0n) is 11.6. The van der Waals surface area contributed by atoms with E-state index in [1.165, 1.54) is 12.1 Å². The minimum Gasteiger partial charge on any atom is -0.428 e. The molecule has 0 saturated heterocycles. The molecule has 0 saturated carbocycles. The van der Waals surface area contributed by atoms with Crippen molar-refractivity contribution in [2.75, 3.05) is 0 Å². The second kappa shape index (κ2) is 7.00. The van der Waals surface area contributed by atoms with Gasteiger partial charge >= 0.3 is 12.5 Å². The van der Waals surface area contributed by atoms with E-state index in [1.54, 1.807) is 30.3 Å². The lowest BCUT2D eigenvalue weighted by Gasteiger charge is -2.17. The fourth-order valence-electron chi connectivity index (χ4n) is 1.83. The Morgan fingerprint density at radius 3 is 2.30 bits per heavy atom. The first-order chi connectivity index (χ1) is 10.8. The summed E-state index contributed by atoms with van der Waals surface area (Å²) in [5.74, 6) is -1.10. The van der Waals surface area contributed by atoms with Crippen LogP contribution in [0.25, 0.3) is 0 Å². The second-order valence-electron chi connectivity index (χ2n) is 4.63. The molecular weight excluding hydrogens is 336 g/mol. The van der Waals surface area contributed by atoms with E-state index in [0.717, 1.165) is 12.1 Å². The molecule has 23 heavy (non-hydrogen) atoms. The van der Waals surface area contributed by atoms with Gasteiger partial charge in [0.2, 0.25) is 0 Å². The molecule has 0 radical (unpaired) electrons. The molecule has 2 rings (SSSR count). The number of hydrogen-bond donors (Lipinski definition) is 0. The zero-order valence-corrected chi connectivity index (χ0v) is 12.3. The molecule has 0 spiro atoms. The summed E-state index contributed by atoms with van der Waals surface area (Å²) in [5.41, 5.74) is 0.514. The van der Waals surface area contributed by atoms with Crippen LogP contribution in [0.15, 0.2) is 54.6 Å². The molecule has 0 aliphatic rings. The van der Waals surface area contributed by atoms with Crippen LogP contribution in [-0.4, -0.2) is 18.3 Å². The lowest BCUT2D eigenvalue weighted by Crippen LogP contribution is -2.33. The highest BCUT2D eigenvalue weighted by Gasteiger charge is 2.44. The van der Waals surface area contributed by atoms with Gasteiger partial charge in [-0.05, 0) is 17.7 Å². The van der Waals surface area contributed by atoms with Gasteiger partial charge in [-0.1, -0.05) is 42.5 Å². The van der Waals surface area contributed by atoms with E-state index in [4.69, 9.17) is 11.6 Å². The topological polar surface area (TPSA) is 26.3 Å². The van der Waals surface area contributed by atoms with E-state index < -0.39 is 29.4 Å². The normalized spacial score (nSPS) is 13.0. The number of Topliss-reactive ketones (excluding diaryl/α,β-unsaturated/α-hetero) is 1. The summed E-state index contributed by atoms with van der Waals surface area (Å²) >= 11 is 6.07. The molecule has 1 unspecified atom stereocenters. The van der Waals surface area contributed by atoms with Crippen LogP contribution in [0.3, 0.4) is 0 Å². The molecule has 0 amide bonds. The molecule has 2 aromatic rings. The Kier molecular flexibility index (Phi) is 5.26. The molecule has 0 aliphatic heterocycles. The number of alkyl halides is 5. The quantitative estimate of drug-likeness (QED) is 0.414. The van der Waals surface area contributed by atoms with Gasteiger partial charge in [-0.15, -0.1) is 11.6 Å². The van der Waals surface area contributed by atoms with Crippen molar-refractivity contribution >= 4 is 17.4 Å². The molecule has 1 atom stereocenters. The highest BCUT2D eigenvalue weighted by molar-refractivity contribution is 6.33. The maximum atomic E-state index is 12.9. The highest BCUT2D eigenvalue weighted by atomic mass is 35.5. The summed E-state index contributed by atoms with van der Waals surface area (Å²) in [5, 5.41) is -1.03. The third-order valence-corrected chi connectivity index (χ3v) is 3.40. The van der Waals surface area contributed by atoms with E-state index in [-0.39, 0.29) is 5.56 Å². The van der Waals surface area contributed by atoms with Crippen LogP contribution in [0.2, 0.25) is 0 Å². The summed E-state index contributed by atoms with van der Waals surface area (Å²) < 4.78 is 54.1. The van der Waals surface area contributed by atoms with Crippen LogP contribution in [0.1, 0.15) is 21.3 Å². The van der Waals surface area contributed by atoms with Gasteiger partial charge in [0.25, 0.3) is 0 Å². The Bertz CT molecular complexity index is 677. The predicted molar refractivity (Wildman–Crippen MR) is 77.4 cm³/mol. The van der Waals surface area contributed by atoms with E-state index in [9.17, 15) is 22.4 Å². The molecular formula is C16H11ClF4O2. The van der Waals surface area contributed by atoms with Crippen molar-refractivity contribution in [2.45, 2.75) is 17.9 Å². The van der Waals surface area contributed by atoms with Crippen molar-refractivity contribution in [3.05, 3.63) is 65.7 Å². The number of benzene rings is 2. The monoisotopic (exact) mass is 346 g/mol. The van der Waals surface area contributed by atoms with Crippen LogP contribution >= 0.6 is 11.6 Å². The van der Waals surface area contributed by atoms with Crippen LogP contribution in [0.5, 0.6) is 5.75 Å². The van der Waals surface area contributed by atoms with Crippen LogP contribution < -0.4 is 4.74 Å². The van der Waals surface area contributed by atoms with Gasteiger partial charge in [-0.2, -0.15) is 17.6 Å². The smallest absolute Gasteiger partial charge is 0.428 e. The fourth-order valence-corrected chi connectivity index (χ4v) is 2.11. The minimum atomic E-state index is -4.64. The number of halogens is 5. The number of rotatable bonds is 6. The SMILES string of the molecule is O=C(c1cccc(OC(F)(F)C(F)F)c1)C(Cl)c1ccccc1. The summed E-state index contributed by atoms with van der Waals surface area (Å²) in [6.07, 6.45) is -8.62. The molecule has 0 N–H and O–H groups in total. The number of hydrogen-bond acceptors (Lipinski definition) is 2. The van der Waals surface area contributed by atoms with Crippen molar-refractivity contribution in [1.82, 2.24) is 0 Å². The van der Waals surface area contributed by atoms with Gasteiger partial charge in [-0.3, -0.25) is 4.79 Å². The number of carbonyl (C=O) groups is 1. The largest absolute Gasteiger partial charge is 0.461 e.